The predicted octanol–water partition coefficient (Wildman–Crippen LogP) is 21.0. The molecule has 7 heteroatoms. The molecule has 81 heavy (non-hydrogen) atoms. The summed E-state index contributed by atoms with van der Waals surface area (Å²) >= 11 is 0. The molecule has 0 unspecified atom stereocenters. The van der Waals surface area contributed by atoms with Crippen LogP contribution in [0.25, 0.3) is 12.2 Å². The minimum atomic E-state index is 0. The predicted molar refractivity (Wildman–Crippen MR) is 360 cm³/mol. The Morgan fingerprint density at radius 1 is 0.395 bits per heavy atom. The number of allylic oxidation sites excluding steroid dienone is 2. The van der Waals surface area contributed by atoms with Crippen LogP contribution in [0.2, 0.25) is 0 Å². The van der Waals surface area contributed by atoms with Crippen molar-refractivity contribution in [3.05, 3.63) is 208 Å². The van der Waals surface area contributed by atoms with E-state index in [0.29, 0.717) is 5.41 Å². The first kappa shape index (κ1) is 74.5. The molecule has 4 heterocycles. The average molecular weight is 1100 g/mol. The topological polar surface area (TPSA) is 84.6 Å². The van der Waals surface area contributed by atoms with Gasteiger partial charge in [-0.25, -0.2) is 4.98 Å². The molecule has 3 aromatic heterocycles. The number of fused-ring (bicyclic) bond motifs is 3. The molecule has 0 radical (unpaired) electrons. The molecule has 1 aliphatic heterocycles. The second-order valence-corrected chi connectivity index (χ2v) is 27.5. The van der Waals surface area contributed by atoms with Crippen LogP contribution in [0.5, 0.6) is 0 Å². The Balaban J connectivity index is 0.000000919. The molecule has 0 saturated heterocycles. The number of aromatic amines is 1. The number of aliphatic imine (C=N–C) groups is 1. The third-order valence-electron chi connectivity index (χ3n) is 13.3. The van der Waals surface area contributed by atoms with E-state index in [1.54, 1.807) is 29.7 Å². The van der Waals surface area contributed by atoms with Crippen LogP contribution >= 0.6 is 0 Å². The Kier molecular flexibility index (Phi) is 29.1. The lowest BCUT2D eigenvalue weighted by Crippen LogP contribution is -2.24. The average Bonchev–Trinajstić information content (AvgIpc) is 4.21. The highest BCUT2D eigenvalue weighted by atomic mass is 15.5. The van der Waals surface area contributed by atoms with Crippen molar-refractivity contribution in [2.75, 3.05) is 0 Å². The smallest absolute Gasteiger partial charge is 0.0921 e. The largest absolute Gasteiger partial charge is 0.348 e. The summed E-state index contributed by atoms with van der Waals surface area (Å²) in [5.41, 5.74) is 17.9. The molecule has 0 spiro atoms. The van der Waals surface area contributed by atoms with Crippen LogP contribution in [0.1, 0.15) is 236 Å². The van der Waals surface area contributed by atoms with Crippen molar-refractivity contribution in [3.63, 3.8) is 0 Å². The number of benzene rings is 4. The molecule has 0 atom stereocenters. The fourth-order valence-corrected chi connectivity index (χ4v) is 7.97. The van der Waals surface area contributed by atoms with Gasteiger partial charge in [-0.15, -0.1) is 0 Å². The maximum atomic E-state index is 4.35. The molecule has 0 saturated carbocycles. The number of H-pyrrole nitrogens is 1. The van der Waals surface area contributed by atoms with Gasteiger partial charge in [-0.05, 0) is 128 Å². The van der Waals surface area contributed by atoms with Crippen LogP contribution < -0.4 is 0 Å². The Morgan fingerprint density at radius 2 is 0.827 bits per heavy atom. The summed E-state index contributed by atoms with van der Waals surface area (Å²) in [5, 5.41) is 7.99. The number of pyridine rings is 1. The summed E-state index contributed by atoms with van der Waals surface area (Å²) in [6.07, 6.45) is 24.8. The normalized spacial score (nSPS) is 12.6. The van der Waals surface area contributed by atoms with E-state index in [9.17, 15) is 0 Å². The summed E-state index contributed by atoms with van der Waals surface area (Å²) in [6, 6.07) is 34.9. The Hall–Kier alpha value is -6.47. The van der Waals surface area contributed by atoms with Crippen molar-refractivity contribution in [2.45, 2.75) is 232 Å². The lowest BCUT2D eigenvalue weighted by atomic mass is 9.85. The van der Waals surface area contributed by atoms with Gasteiger partial charge < -0.3 is 4.98 Å². The van der Waals surface area contributed by atoms with Crippen molar-refractivity contribution in [1.82, 2.24) is 29.9 Å². The number of nitrogens with one attached hydrogen (secondary N) is 1. The van der Waals surface area contributed by atoms with Crippen LogP contribution in [0.3, 0.4) is 0 Å². The summed E-state index contributed by atoms with van der Waals surface area (Å²) in [5.74, 6) is 0. The summed E-state index contributed by atoms with van der Waals surface area (Å²) in [7, 11) is 0. The van der Waals surface area contributed by atoms with E-state index >= 15 is 0 Å². The van der Waals surface area contributed by atoms with Crippen molar-refractivity contribution in [3.8, 4) is 0 Å². The Bertz CT molecular complexity index is 2660. The first-order chi connectivity index (χ1) is 35.6. The number of aromatic nitrogens is 6. The number of hydrogen-bond donors (Lipinski definition) is 1. The first-order valence-corrected chi connectivity index (χ1v) is 27.7. The van der Waals surface area contributed by atoms with Gasteiger partial charge >= 0.3 is 0 Å². The standard InChI is InChI=1S/2C13H16.C12H15N.C10H14.C9H13N.C7H12N2.C6H11N3.4CH4/c2*1-13(2,3)12-8-7-10-5-4-6-11(10)9-12;1-12(2,3)10-5-4-9-6-7-13-11(9)8-10;1-10(2,3)9-7-5-4-6-8-9;1-9(2,3)8-5-4-6-10-7-8;1-7(2,3)6-4-8-5-9-6;1-6(2,3)9-7-4-5-8-9;;;;/h2*4,6-9H,5H2,1-3H3;4-5,7-8H,6H2,1-3H3;4-8H,1-3H3;4-7H,1-3H3;4-5H,1-3H3,(H,8,9);4-5H,1-3H3;4*1H4. The van der Waals surface area contributed by atoms with Gasteiger partial charge in [0.25, 0.3) is 0 Å². The molecule has 444 valence electrons. The van der Waals surface area contributed by atoms with Crippen LogP contribution in [0, 0.1) is 0 Å². The van der Waals surface area contributed by atoms with E-state index < -0.39 is 0 Å². The number of rotatable bonds is 0. The fourth-order valence-electron chi connectivity index (χ4n) is 7.97. The van der Waals surface area contributed by atoms with E-state index in [1.807, 2.05) is 24.7 Å². The van der Waals surface area contributed by atoms with Gasteiger partial charge in [-0.3, -0.25) is 9.98 Å². The highest BCUT2D eigenvalue weighted by Crippen LogP contribution is 2.32. The van der Waals surface area contributed by atoms with Gasteiger partial charge in [0.05, 0.1) is 29.9 Å². The minimum Gasteiger partial charge on any atom is -0.348 e. The van der Waals surface area contributed by atoms with Crippen molar-refractivity contribution in [2.24, 2.45) is 4.99 Å². The maximum absolute atomic E-state index is 4.35. The van der Waals surface area contributed by atoms with E-state index in [-0.39, 0.29) is 62.3 Å². The molecule has 1 N–H and O–H groups in total. The molecule has 4 aromatic carbocycles. The van der Waals surface area contributed by atoms with E-state index in [4.69, 9.17) is 0 Å². The third kappa shape index (κ3) is 25.1. The second kappa shape index (κ2) is 31.7. The highest BCUT2D eigenvalue weighted by Gasteiger charge is 2.19. The van der Waals surface area contributed by atoms with Gasteiger partial charge in [0.1, 0.15) is 0 Å². The molecular weight excluding hydrogens is 987 g/mol. The molecule has 2 aliphatic carbocycles. The first-order valence-electron chi connectivity index (χ1n) is 27.7. The van der Waals surface area contributed by atoms with Crippen LogP contribution in [-0.4, -0.2) is 36.2 Å². The van der Waals surface area contributed by atoms with E-state index in [0.717, 1.165) is 24.9 Å². The molecule has 7 aromatic rings. The van der Waals surface area contributed by atoms with Crippen LogP contribution in [0.15, 0.2) is 152 Å². The lowest BCUT2D eigenvalue weighted by Gasteiger charge is -2.19. The molecule has 0 bridgehead atoms. The third-order valence-corrected chi connectivity index (χ3v) is 13.3. The van der Waals surface area contributed by atoms with Crippen molar-refractivity contribution in [1.29, 1.82) is 0 Å². The van der Waals surface area contributed by atoms with Crippen molar-refractivity contribution >= 4 is 24.1 Å². The molecule has 0 fully saturated rings. The minimum absolute atomic E-state index is 0. The monoisotopic (exact) mass is 1100 g/mol. The second-order valence-electron chi connectivity index (χ2n) is 27.5. The number of hydrogen-bond acceptors (Lipinski definition) is 5. The summed E-state index contributed by atoms with van der Waals surface area (Å²) < 4.78 is 0. The Labute approximate surface area is 496 Å². The molecular formula is C74H113N7. The molecule has 10 rings (SSSR count). The van der Waals surface area contributed by atoms with Gasteiger partial charge in [-0.1, -0.05) is 264 Å². The van der Waals surface area contributed by atoms with Crippen LogP contribution in [-0.2, 0) is 57.3 Å². The number of nitrogens with zero attached hydrogens (tertiary/aromatic N) is 6. The fraction of sp³-hybridized carbons (Fsp3) is 0.473. The van der Waals surface area contributed by atoms with Gasteiger partial charge in [-0.2, -0.15) is 15.0 Å². The quantitative estimate of drug-likeness (QED) is 0.164. The summed E-state index contributed by atoms with van der Waals surface area (Å²) in [6.45, 7) is 46.1. The summed E-state index contributed by atoms with van der Waals surface area (Å²) in [4.78, 5) is 17.1. The Morgan fingerprint density at radius 3 is 1.16 bits per heavy atom. The van der Waals surface area contributed by atoms with Gasteiger partial charge in [0.15, 0.2) is 0 Å². The van der Waals surface area contributed by atoms with Crippen molar-refractivity contribution < 1.29 is 0 Å². The van der Waals surface area contributed by atoms with E-state index in [1.165, 1.54) is 61.3 Å². The SMILES string of the molecule is C.C.C.C.CC(C)(C)c1ccc2c(c1)C=CC2.CC(C)(C)c1ccc2c(c1)C=CC2.CC(C)(C)c1ccc2c(c1)N=CC2.CC(C)(C)c1ccccc1.CC(C)(C)c1cccnc1.CC(C)(C)c1cnc[nH]1.CC(C)(C)n1nccn1. The highest BCUT2D eigenvalue weighted by molar-refractivity contribution is 5.76. The zero-order valence-corrected chi connectivity index (χ0v) is 51.4. The lowest BCUT2D eigenvalue weighted by molar-refractivity contribution is 0.312. The molecule has 7 nitrogen and oxygen atoms in total. The van der Waals surface area contributed by atoms with Gasteiger partial charge in [0, 0.05) is 42.3 Å². The van der Waals surface area contributed by atoms with Crippen LogP contribution in [0.4, 0.5) is 5.69 Å². The molecule has 3 aliphatic rings. The zero-order valence-electron chi connectivity index (χ0n) is 51.4. The number of imidazole rings is 1. The maximum Gasteiger partial charge on any atom is 0.0921 e. The zero-order chi connectivity index (χ0) is 57.5. The van der Waals surface area contributed by atoms with Gasteiger partial charge in [0.2, 0.25) is 0 Å². The van der Waals surface area contributed by atoms with E-state index in [2.05, 4.69) is 291 Å². The molecule has 0 amide bonds.